The maximum Gasteiger partial charge on any atom is 0.225 e. The fraction of sp³-hybridized carbons (Fsp3) is 0.938. The van der Waals surface area contributed by atoms with Gasteiger partial charge in [0.2, 0.25) is 5.91 Å². The van der Waals surface area contributed by atoms with Crippen molar-refractivity contribution in [2.45, 2.75) is 70.4 Å². The van der Waals surface area contributed by atoms with Crippen LogP contribution in [0.2, 0.25) is 0 Å². The third-order valence-corrected chi connectivity index (χ3v) is 5.99. The molecule has 108 valence electrons. The number of hydrogen-bond acceptors (Lipinski definition) is 2. The van der Waals surface area contributed by atoms with E-state index in [2.05, 4.69) is 12.2 Å². The predicted octanol–water partition coefficient (Wildman–Crippen LogP) is 2.44. The van der Waals surface area contributed by atoms with Crippen LogP contribution in [0, 0.1) is 23.7 Å². The first-order valence-corrected chi connectivity index (χ1v) is 8.25. The Hall–Kier alpha value is -0.570. The molecular weight excluding hydrogens is 236 g/mol. The Morgan fingerprint density at radius 2 is 1.95 bits per heavy atom. The molecule has 3 nitrogen and oxygen atoms in total. The highest BCUT2D eigenvalue weighted by Gasteiger charge is 2.49. The van der Waals surface area contributed by atoms with E-state index in [0.29, 0.717) is 17.9 Å². The molecule has 3 N–H and O–H groups in total. The molecule has 0 saturated heterocycles. The zero-order chi connectivity index (χ0) is 13.4. The lowest BCUT2D eigenvalue weighted by molar-refractivity contribution is -0.128. The van der Waals surface area contributed by atoms with Crippen LogP contribution in [0.1, 0.15) is 58.3 Å². The molecule has 2 bridgehead atoms. The molecule has 3 rings (SSSR count). The van der Waals surface area contributed by atoms with Gasteiger partial charge in [-0.15, -0.1) is 0 Å². The summed E-state index contributed by atoms with van der Waals surface area (Å²) < 4.78 is 0. The molecule has 3 fully saturated rings. The quantitative estimate of drug-likeness (QED) is 0.822. The maximum absolute atomic E-state index is 12.5. The molecule has 3 aliphatic carbocycles. The number of fused-ring (bicyclic) bond motifs is 2. The van der Waals surface area contributed by atoms with Gasteiger partial charge >= 0.3 is 0 Å². The normalized spacial score (nSPS) is 45.4. The number of nitrogens with two attached hydrogens (primary N) is 1. The molecule has 6 atom stereocenters. The number of carbonyl (C=O) groups is 1. The number of amides is 1. The van der Waals surface area contributed by atoms with Crippen LogP contribution in [-0.4, -0.2) is 18.0 Å². The van der Waals surface area contributed by atoms with Gasteiger partial charge in [0.25, 0.3) is 0 Å². The Balaban J connectivity index is 1.56. The minimum atomic E-state index is 0.112. The van der Waals surface area contributed by atoms with E-state index in [1.54, 1.807) is 0 Å². The van der Waals surface area contributed by atoms with Crippen LogP contribution in [0.4, 0.5) is 0 Å². The molecule has 0 aromatic rings. The average molecular weight is 264 g/mol. The number of carbonyl (C=O) groups excluding carboxylic acids is 1. The van der Waals surface area contributed by atoms with E-state index in [9.17, 15) is 4.79 Å². The Bertz CT molecular complexity index is 342. The van der Waals surface area contributed by atoms with E-state index in [0.717, 1.165) is 12.3 Å². The summed E-state index contributed by atoms with van der Waals surface area (Å²) >= 11 is 0. The van der Waals surface area contributed by atoms with Crippen molar-refractivity contribution in [1.29, 1.82) is 0 Å². The monoisotopic (exact) mass is 264 g/mol. The van der Waals surface area contributed by atoms with Crippen molar-refractivity contribution >= 4 is 5.91 Å². The molecule has 0 aliphatic heterocycles. The smallest absolute Gasteiger partial charge is 0.225 e. The molecule has 0 aromatic heterocycles. The summed E-state index contributed by atoms with van der Waals surface area (Å²) in [6.07, 6.45) is 9.87. The molecule has 0 aromatic carbocycles. The molecule has 19 heavy (non-hydrogen) atoms. The lowest BCUT2D eigenvalue weighted by Crippen LogP contribution is -2.49. The van der Waals surface area contributed by atoms with E-state index in [4.69, 9.17) is 5.73 Å². The summed E-state index contributed by atoms with van der Waals surface area (Å²) in [5.74, 6) is 2.39. The van der Waals surface area contributed by atoms with Crippen LogP contribution in [0.5, 0.6) is 0 Å². The van der Waals surface area contributed by atoms with Crippen molar-refractivity contribution in [3.8, 4) is 0 Å². The number of hydrogen-bond donors (Lipinski definition) is 2. The fourth-order valence-corrected chi connectivity index (χ4v) is 4.82. The van der Waals surface area contributed by atoms with E-state index in [1.165, 1.54) is 44.9 Å². The van der Waals surface area contributed by atoms with E-state index in [1.807, 2.05) is 0 Å². The highest BCUT2D eigenvalue weighted by atomic mass is 16.2. The van der Waals surface area contributed by atoms with Crippen molar-refractivity contribution in [1.82, 2.24) is 5.32 Å². The summed E-state index contributed by atoms with van der Waals surface area (Å²) in [5, 5.41) is 3.32. The largest absolute Gasteiger partial charge is 0.353 e. The summed E-state index contributed by atoms with van der Waals surface area (Å²) in [6, 6.07) is 0.543. The Kier molecular flexibility index (Phi) is 3.84. The summed E-state index contributed by atoms with van der Waals surface area (Å²) in [4.78, 5) is 12.5. The molecule has 0 spiro atoms. The van der Waals surface area contributed by atoms with Crippen molar-refractivity contribution in [3.63, 3.8) is 0 Å². The lowest BCUT2D eigenvalue weighted by atomic mass is 9.82. The van der Waals surface area contributed by atoms with Gasteiger partial charge in [-0.3, -0.25) is 4.79 Å². The van der Waals surface area contributed by atoms with Gasteiger partial charge in [-0.1, -0.05) is 26.2 Å². The van der Waals surface area contributed by atoms with Gasteiger partial charge in [0.05, 0.1) is 5.92 Å². The molecule has 0 heterocycles. The van der Waals surface area contributed by atoms with Crippen LogP contribution in [0.15, 0.2) is 0 Å². The SMILES string of the molecule is CCC1CCCC(NC(=O)C2C3CCC(C3)C2N)C1. The van der Waals surface area contributed by atoms with Crippen LogP contribution in [-0.2, 0) is 4.79 Å². The highest BCUT2D eigenvalue weighted by molar-refractivity contribution is 5.80. The first kappa shape index (κ1) is 13.4. The summed E-state index contributed by atoms with van der Waals surface area (Å²) in [7, 11) is 0. The van der Waals surface area contributed by atoms with E-state index >= 15 is 0 Å². The maximum atomic E-state index is 12.5. The lowest BCUT2D eigenvalue weighted by Gasteiger charge is -2.32. The molecule has 3 saturated carbocycles. The number of nitrogens with one attached hydrogen (secondary N) is 1. The Morgan fingerprint density at radius 1 is 1.16 bits per heavy atom. The average Bonchev–Trinajstić information content (AvgIpc) is 2.99. The molecule has 6 unspecified atom stereocenters. The topological polar surface area (TPSA) is 55.1 Å². The third kappa shape index (κ3) is 2.54. The van der Waals surface area contributed by atoms with Crippen LogP contribution < -0.4 is 11.1 Å². The standard InChI is InChI=1S/C16H28N2O/c1-2-10-4-3-5-13(8-10)18-16(19)14-11-6-7-12(9-11)15(14)17/h10-15H,2-9,17H2,1H3,(H,18,19). The van der Waals surface area contributed by atoms with Crippen molar-refractivity contribution in [2.75, 3.05) is 0 Å². The summed E-state index contributed by atoms with van der Waals surface area (Å²) in [6.45, 7) is 2.26. The molecule has 3 heteroatoms. The first-order valence-electron chi connectivity index (χ1n) is 8.25. The van der Waals surface area contributed by atoms with Crippen LogP contribution in [0.3, 0.4) is 0 Å². The second-order valence-corrected chi connectivity index (χ2v) is 7.08. The second kappa shape index (κ2) is 5.43. The molecule has 0 radical (unpaired) electrons. The third-order valence-electron chi connectivity index (χ3n) is 5.99. The zero-order valence-electron chi connectivity index (χ0n) is 12.1. The Morgan fingerprint density at radius 3 is 2.63 bits per heavy atom. The Labute approximate surface area is 116 Å². The van der Waals surface area contributed by atoms with Gasteiger partial charge in [-0.05, 0) is 49.9 Å². The minimum Gasteiger partial charge on any atom is -0.353 e. The van der Waals surface area contributed by atoms with Crippen LogP contribution in [0.25, 0.3) is 0 Å². The first-order chi connectivity index (χ1) is 9.19. The van der Waals surface area contributed by atoms with Crippen molar-refractivity contribution in [2.24, 2.45) is 29.4 Å². The summed E-state index contributed by atoms with van der Waals surface area (Å²) in [5.41, 5.74) is 6.26. The fourth-order valence-electron chi connectivity index (χ4n) is 4.82. The van der Waals surface area contributed by atoms with Crippen molar-refractivity contribution in [3.05, 3.63) is 0 Å². The van der Waals surface area contributed by atoms with Gasteiger partial charge in [0, 0.05) is 12.1 Å². The molecule has 1 amide bonds. The van der Waals surface area contributed by atoms with Gasteiger partial charge < -0.3 is 11.1 Å². The van der Waals surface area contributed by atoms with Crippen LogP contribution >= 0.6 is 0 Å². The zero-order valence-corrected chi connectivity index (χ0v) is 12.1. The van der Waals surface area contributed by atoms with Gasteiger partial charge in [-0.25, -0.2) is 0 Å². The second-order valence-electron chi connectivity index (χ2n) is 7.08. The molecular formula is C16H28N2O. The van der Waals surface area contributed by atoms with Gasteiger partial charge in [0.1, 0.15) is 0 Å². The minimum absolute atomic E-state index is 0.112. The van der Waals surface area contributed by atoms with Crippen molar-refractivity contribution < 1.29 is 4.79 Å². The van der Waals surface area contributed by atoms with Gasteiger partial charge in [0.15, 0.2) is 0 Å². The molecule has 3 aliphatic rings. The van der Waals surface area contributed by atoms with Gasteiger partial charge in [-0.2, -0.15) is 0 Å². The number of rotatable bonds is 3. The van der Waals surface area contributed by atoms with E-state index in [-0.39, 0.29) is 17.9 Å². The van der Waals surface area contributed by atoms with E-state index < -0.39 is 0 Å². The predicted molar refractivity (Wildman–Crippen MR) is 76.5 cm³/mol. The highest BCUT2D eigenvalue weighted by Crippen LogP contribution is 2.47.